The van der Waals surface area contributed by atoms with E-state index in [1.807, 2.05) is 0 Å². The van der Waals surface area contributed by atoms with Crippen LogP contribution in [0.15, 0.2) is 24.7 Å². The lowest BCUT2D eigenvalue weighted by Crippen LogP contribution is -1.88. The number of fused-ring (bicyclic) bond motifs is 1. The molecule has 0 unspecified atom stereocenters. The summed E-state index contributed by atoms with van der Waals surface area (Å²) >= 11 is 5.81. The fourth-order valence-corrected chi connectivity index (χ4v) is 1.19. The van der Waals surface area contributed by atoms with Crippen LogP contribution >= 0.6 is 11.6 Å². The van der Waals surface area contributed by atoms with Gasteiger partial charge in [0.1, 0.15) is 6.33 Å². The number of anilines is 1. The van der Waals surface area contributed by atoms with E-state index in [4.69, 9.17) is 17.3 Å². The van der Waals surface area contributed by atoms with Gasteiger partial charge >= 0.3 is 0 Å². The van der Waals surface area contributed by atoms with Crippen LogP contribution in [0.1, 0.15) is 0 Å². The van der Waals surface area contributed by atoms with E-state index >= 15 is 0 Å². The summed E-state index contributed by atoms with van der Waals surface area (Å²) in [5.74, 6) is 0. The summed E-state index contributed by atoms with van der Waals surface area (Å²) < 4.78 is 0. The molecule has 2 N–H and O–H groups in total. The standard InChI is InChI=1S/C8H6ClN3/c9-6-1-5-3-11-4-12-8(5)2-7(6)10/h1-4H,10H2. The Labute approximate surface area is 74.2 Å². The molecule has 0 saturated carbocycles. The zero-order valence-corrected chi connectivity index (χ0v) is 6.92. The number of rotatable bonds is 0. The van der Waals surface area contributed by atoms with Crippen molar-refractivity contribution in [2.75, 3.05) is 5.73 Å². The van der Waals surface area contributed by atoms with Crippen molar-refractivity contribution >= 4 is 28.2 Å². The van der Waals surface area contributed by atoms with Crippen molar-refractivity contribution in [3.05, 3.63) is 29.7 Å². The van der Waals surface area contributed by atoms with E-state index in [0.717, 1.165) is 10.9 Å². The molecule has 1 aromatic heterocycles. The van der Waals surface area contributed by atoms with Crippen molar-refractivity contribution in [2.24, 2.45) is 0 Å². The lowest BCUT2D eigenvalue weighted by molar-refractivity contribution is 1.22. The third-order valence-electron chi connectivity index (χ3n) is 1.62. The molecule has 0 atom stereocenters. The molecule has 12 heavy (non-hydrogen) atoms. The second-order valence-corrected chi connectivity index (χ2v) is 2.86. The average molecular weight is 180 g/mol. The lowest BCUT2D eigenvalue weighted by atomic mass is 10.2. The summed E-state index contributed by atoms with van der Waals surface area (Å²) in [6.45, 7) is 0. The van der Waals surface area contributed by atoms with Crippen molar-refractivity contribution in [3.8, 4) is 0 Å². The molecule has 2 rings (SSSR count). The molecule has 0 spiro atoms. The maximum absolute atomic E-state index is 5.81. The number of nitrogen functional groups attached to an aromatic ring is 1. The molecule has 0 aliphatic carbocycles. The summed E-state index contributed by atoms with van der Waals surface area (Å²) in [6.07, 6.45) is 3.18. The summed E-state index contributed by atoms with van der Waals surface area (Å²) in [7, 11) is 0. The number of nitrogens with zero attached hydrogens (tertiary/aromatic N) is 2. The van der Waals surface area contributed by atoms with Gasteiger partial charge in [0.15, 0.2) is 0 Å². The van der Waals surface area contributed by atoms with Crippen LogP contribution in [0.4, 0.5) is 5.69 Å². The Kier molecular flexibility index (Phi) is 1.59. The van der Waals surface area contributed by atoms with Gasteiger partial charge in [-0.2, -0.15) is 0 Å². The first kappa shape index (κ1) is 7.31. The number of aromatic nitrogens is 2. The lowest BCUT2D eigenvalue weighted by Gasteiger charge is -1.99. The minimum absolute atomic E-state index is 0.539. The summed E-state index contributed by atoms with van der Waals surface area (Å²) in [5.41, 5.74) is 6.95. The van der Waals surface area contributed by atoms with Gasteiger partial charge in [0.2, 0.25) is 0 Å². The first-order valence-electron chi connectivity index (χ1n) is 3.42. The van der Waals surface area contributed by atoms with Crippen LogP contribution in [0, 0.1) is 0 Å². The number of halogens is 1. The van der Waals surface area contributed by atoms with Crippen molar-refractivity contribution in [3.63, 3.8) is 0 Å². The van der Waals surface area contributed by atoms with Gasteiger partial charge < -0.3 is 5.73 Å². The Morgan fingerprint density at radius 2 is 2.17 bits per heavy atom. The Balaban J connectivity index is 2.84. The SMILES string of the molecule is Nc1cc2ncncc2cc1Cl. The topological polar surface area (TPSA) is 51.8 Å². The van der Waals surface area contributed by atoms with Gasteiger partial charge in [-0.1, -0.05) is 11.6 Å². The molecular weight excluding hydrogens is 174 g/mol. The van der Waals surface area contributed by atoms with Gasteiger partial charge in [0, 0.05) is 11.6 Å². The molecule has 4 heteroatoms. The maximum atomic E-state index is 5.81. The normalized spacial score (nSPS) is 10.4. The average Bonchev–Trinajstić information content (AvgIpc) is 2.07. The third kappa shape index (κ3) is 1.08. The molecule has 0 bridgehead atoms. The van der Waals surface area contributed by atoms with E-state index in [2.05, 4.69) is 9.97 Å². The van der Waals surface area contributed by atoms with E-state index in [-0.39, 0.29) is 0 Å². The predicted octanol–water partition coefficient (Wildman–Crippen LogP) is 1.87. The highest BCUT2D eigenvalue weighted by Crippen LogP contribution is 2.23. The molecular formula is C8H6ClN3. The second-order valence-electron chi connectivity index (χ2n) is 2.46. The monoisotopic (exact) mass is 179 g/mol. The van der Waals surface area contributed by atoms with Crippen LogP contribution in [0.25, 0.3) is 10.9 Å². The molecule has 0 saturated heterocycles. The first-order valence-corrected chi connectivity index (χ1v) is 3.80. The third-order valence-corrected chi connectivity index (χ3v) is 1.95. The molecule has 1 heterocycles. The van der Waals surface area contributed by atoms with Gasteiger partial charge in [-0.3, -0.25) is 0 Å². The molecule has 3 nitrogen and oxygen atoms in total. The minimum atomic E-state index is 0.539. The second kappa shape index (κ2) is 2.60. The van der Waals surface area contributed by atoms with Gasteiger partial charge in [0.25, 0.3) is 0 Å². The largest absolute Gasteiger partial charge is 0.397 e. The number of hydrogen-bond acceptors (Lipinski definition) is 3. The Morgan fingerprint density at radius 1 is 1.33 bits per heavy atom. The molecule has 0 aliphatic heterocycles. The summed E-state index contributed by atoms with van der Waals surface area (Å²) in [5, 5.41) is 1.44. The van der Waals surface area contributed by atoms with Crippen molar-refractivity contribution in [2.45, 2.75) is 0 Å². The highest BCUT2D eigenvalue weighted by molar-refractivity contribution is 6.33. The molecule has 60 valence electrons. The number of benzene rings is 1. The van der Waals surface area contributed by atoms with E-state index in [0.29, 0.717) is 10.7 Å². The zero-order chi connectivity index (χ0) is 8.55. The van der Waals surface area contributed by atoms with Crippen LogP contribution in [-0.2, 0) is 0 Å². The quantitative estimate of drug-likeness (QED) is 0.628. The van der Waals surface area contributed by atoms with Gasteiger partial charge in [-0.25, -0.2) is 9.97 Å². The smallest absolute Gasteiger partial charge is 0.116 e. The van der Waals surface area contributed by atoms with Crippen molar-refractivity contribution < 1.29 is 0 Å². The Hall–Kier alpha value is -1.35. The van der Waals surface area contributed by atoms with Gasteiger partial charge in [0.05, 0.1) is 16.2 Å². The Morgan fingerprint density at radius 3 is 3.00 bits per heavy atom. The van der Waals surface area contributed by atoms with Gasteiger partial charge in [-0.15, -0.1) is 0 Å². The van der Waals surface area contributed by atoms with E-state index < -0.39 is 0 Å². The minimum Gasteiger partial charge on any atom is -0.397 e. The fraction of sp³-hybridized carbons (Fsp3) is 0. The van der Waals surface area contributed by atoms with Crippen LogP contribution in [0.2, 0.25) is 5.02 Å². The first-order chi connectivity index (χ1) is 5.77. The summed E-state index contributed by atoms with van der Waals surface area (Å²) in [4.78, 5) is 7.91. The van der Waals surface area contributed by atoms with Crippen LogP contribution in [0.5, 0.6) is 0 Å². The Bertz CT molecular complexity index is 387. The highest BCUT2D eigenvalue weighted by Gasteiger charge is 1.99. The van der Waals surface area contributed by atoms with Gasteiger partial charge in [-0.05, 0) is 12.1 Å². The van der Waals surface area contributed by atoms with E-state index in [1.54, 1.807) is 18.3 Å². The molecule has 0 aliphatic rings. The molecule has 0 fully saturated rings. The number of nitrogens with two attached hydrogens (primary N) is 1. The molecule has 2 aromatic rings. The maximum Gasteiger partial charge on any atom is 0.116 e. The summed E-state index contributed by atoms with van der Waals surface area (Å²) in [6, 6.07) is 3.49. The van der Waals surface area contributed by atoms with Crippen molar-refractivity contribution in [1.82, 2.24) is 9.97 Å². The zero-order valence-electron chi connectivity index (χ0n) is 6.16. The number of hydrogen-bond donors (Lipinski definition) is 1. The van der Waals surface area contributed by atoms with E-state index in [1.165, 1.54) is 6.33 Å². The van der Waals surface area contributed by atoms with Crippen LogP contribution in [0.3, 0.4) is 0 Å². The van der Waals surface area contributed by atoms with Crippen molar-refractivity contribution in [1.29, 1.82) is 0 Å². The highest BCUT2D eigenvalue weighted by atomic mass is 35.5. The van der Waals surface area contributed by atoms with Crippen LogP contribution < -0.4 is 5.73 Å². The molecule has 0 radical (unpaired) electrons. The fourth-order valence-electron chi connectivity index (χ4n) is 1.02. The van der Waals surface area contributed by atoms with E-state index in [9.17, 15) is 0 Å². The molecule has 1 aromatic carbocycles. The van der Waals surface area contributed by atoms with Crippen LogP contribution in [-0.4, -0.2) is 9.97 Å². The predicted molar refractivity (Wildman–Crippen MR) is 49.0 cm³/mol. The molecule has 0 amide bonds.